The van der Waals surface area contributed by atoms with Crippen LogP contribution >= 0.6 is 0 Å². The van der Waals surface area contributed by atoms with Gasteiger partial charge in [0.25, 0.3) is 5.91 Å². The van der Waals surface area contributed by atoms with Gasteiger partial charge in [-0.25, -0.2) is 9.18 Å². The largest absolute Gasteiger partial charge is 0.355 e. The topological polar surface area (TPSA) is 81.8 Å². The summed E-state index contributed by atoms with van der Waals surface area (Å²) in [6.07, 6.45) is 3.40. The van der Waals surface area contributed by atoms with Gasteiger partial charge in [0, 0.05) is 45.3 Å². The van der Waals surface area contributed by atoms with Crippen LogP contribution in [0.15, 0.2) is 18.2 Å². The van der Waals surface area contributed by atoms with Crippen LogP contribution in [0.2, 0.25) is 0 Å². The summed E-state index contributed by atoms with van der Waals surface area (Å²) in [6, 6.07) is 3.65. The van der Waals surface area contributed by atoms with Crippen molar-refractivity contribution in [2.24, 2.45) is 5.92 Å². The molecular formula is C19H25FN4O3. The Bertz CT molecular complexity index is 740. The zero-order valence-electron chi connectivity index (χ0n) is 15.5. The van der Waals surface area contributed by atoms with Crippen LogP contribution in [0.5, 0.6) is 0 Å². The SMILES string of the molecule is CNC(=O)c1cc(NC(=O)N2CCC[C@H](CN3CCCC3=O)C2)ccc1F. The van der Waals surface area contributed by atoms with Crippen LogP contribution in [0.4, 0.5) is 14.9 Å². The number of halogens is 1. The van der Waals surface area contributed by atoms with E-state index in [1.165, 1.54) is 19.2 Å². The van der Waals surface area contributed by atoms with Crippen molar-refractivity contribution in [3.63, 3.8) is 0 Å². The van der Waals surface area contributed by atoms with Crippen LogP contribution in [0.25, 0.3) is 0 Å². The smallest absolute Gasteiger partial charge is 0.321 e. The highest BCUT2D eigenvalue weighted by Crippen LogP contribution is 2.22. The number of anilines is 1. The first-order valence-electron chi connectivity index (χ1n) is 9.33. The number of rotatable bonds is 4. The molecule has 1 atom stereocenters. The van der Waals surface area contributed by atoms with Crippen molar-refractivity contribution >= 4 is 23.5 Å². The summed E-state index contributed by atoms with van der Waals surface area (Å²) in [5, 5.41) is 5.12. The maximum Gasteiger partial charge on any atom is 0.321 e. The molecule has 0 unspecified atom stereocenters. The first-order chi connectivity index (χ1) is 13.0. The van der Waals surface area contributed by atoms with Crippen LogP contribution in [0, 0.1) is 11.7 Å². The van der Waals surface area contributed by atoms with Gasteiger partial charge in [-0.15, -0.1) is 0 Å². The Balaban J connectivity index is 1.60. The second-order valence-electron chi connectivity index (χ2n) is 7.10. The lowest BCUT2D eigenvalue weighted by Crippen LogP contribution is -2.45. The highest BCUT2D eigenvalue weighted by molar-refractivity contribution is 5.97. The molecule has 0 aliphatic carbocycles. The Labute approximate surface area is 157 Å². The van der Waals surface area contributed by atoms with Crippen molar-refractivity contribution in [3.8, 4) is 0 Å². The number of nitrogens with one attached hydrogen (secondary N) is 2. The van der Waals surface area contributed by atoms with Gasteiger partial charge in [-0.05, 0) is 43.4 Å². The molecule has 2 saturated heterocycles. The average Bonchev–Trinajstić information content (AvgIpc) is 3.07. The average molecular weight is 376 g/mol. The van der Waals surface area contributed by atoms with Crippen LogP contribution in [-0.4, -0.2) is 60.9 Å². The van der Waals surface area contributed by atoms with E-state index in [0.29, 0.717) is 31.7 Å². The molecule has 0 saturated carbocycles. The molecule has 0 spiro atoms. The number of nitrogens with zero attached hydrogens (tertiary/aromatic N) is 2. The Hall–Kier alpha value is -2.64. The number of carbonyl (C=O) groups is 3. The molecule has 146 valence electrons. The van der Waals surface area contributed by atoms with E-state index in [2.05, 4.69) is 10.6 Å². The minimum Gasteiger partial charge on any atom is -0.355 e. The molecule has 4 amide bonds. The lowest BCUT2D eigenvalue weighted by molar-refractivity contribution is -0.128. The monoisotopic (exact) mass is 376 g/mol. The van der Waals surface area contributed by atoms with E-state index in [1.807, 2.05) is 4.90 Å². The third kappa shape index (κ3) is 4.56. The molecular weight excluding hydrogens is 351 g/mol. The van der Waals surface area contributed by atoms with E-state index >= 15 is 0 Å². The summed E-state index contributed by atoms with van der Waals surface area (Å²) >= 11 is 0. The van der Waals surface area contributed by atoms with Crippen molar-refractivity contribution in [1.29, 1.82) is 0 Å². The van der Waals surface area contributed by atoms with Gasteiger partial charge in [0.05, 0.1) is 5.56 Å². The molecule has 2 heterocycles. The highest BCUT2D eigenvalue weighted by atomic mass is 19.1. The predicted molar refractivity (Wildman–Crippen MR) is 98.9 cm³/mol. The molecule has 2 aliphatic heterocycles. The van der Waals surface area contributed by atoms with Crippen LogP contribution < -0.4 is 10.6 Å². The van der Waals surface area contributed by atoms with Crippen LogP contribution in [0.1, 0.15) is 36.0 Å². The van der Waals surface area contributed by atoms with Gasteiger partial charge in [0.2, 0.25) is 5.91 Å². The number of urea groups is 1. The minimum absolute atomic E-state index is 0.112. The fourth-order valence-corrected chi connectivity index (χ4v) is 3.72. The number of piperidine rings is 1. The van der Waals surface area contributed by atoms with Crippen molar-refractivity contribution < 1.29 is 18.8 Å². The molecule has 7 nitrogen and oxygen atoms in total. The molecule has 0 aromatic heterocycles. The summed E-state index contributed by atoms with van der Waals surface area (Å²) in [6.45, 7) is 2.72. The van der Waals surface area contributed by atoms with Crippen LogP contribution in [0.3, 0.4) is 0 Å². The Morgan fingerprint density at radius 3 is 2.78 bits per heavy atom. The third-order valence-electron chi connectivity index (χ3n) is 5.15. The number of carbonyl (C=O) groups excluding carboxylic acids is 3. The molecule has 3 rings (SSSR count). The third-order valence-corrected chi connectivity index (χ3v) is 5.15. The van der Waals surface area contributed by atoms with Gasteiger partial charge < -0.3 is 20.4 Å². The number of amides is 4. The minimum atomic E-state index is -0.638. The lowest BCUT2D eigenvalue weighted by atomic mass is 9.97. The Kier molecular flexibility index (Phi) is 5.93. The molecule has 2 fully saturated rings. The summed E-state index contributed by atoms with van der Waals surface area (Å²) in [4.78, 5) is 39.7. The number of hydrogen-bond donors (Lipinski definition) is 2. The number of benzene rings is 1. The van der Waals surface area contributed by atoms with E-state index in [4.69, 9.17) is 0 Å². The maximum atomic E-state index is 13.8. The summed E-state index contributed by atoms with van der Waals surface area (Å²) in [7, 11) is 1.42. The van der Waals surface area contributed by atoms with E-state index in [1.54, 1.807) is 4.90 Å². The summed E-state index contributed by atoms with van der Waals surface area (Å²) in [5.74, 6) is -0.719. The van der Waals surface area contributed by atoms with Crippen molar-refractivity contribution in [1.82, 2.24) is 15.1 Å². The quantitative estimate of drug-likeness (QED) is 0.844. The van der Waals surface area contributed by atoms with E-state index in [-0.39, 0.29) is 23.4 Å². The highest BCUT2D eigenvalue weighted by Gasteiger charge is 2.28. The molecule has 2 aliphatic rings. The van der Waals surface area contributed by atoms with Gasteiger partial charge in [-0.1, -0.05) is 0 Å². The number of likely N-dealkylation sites (tertiary alicyclic amines) is 2. The predicted octanol–water partition coefficient (Wildman–Crippen LogP) is 2.05. The molecule has 0 bridgehead atoms. The first kappa shape index (κ1) is 19.1. The van der Waals surface area contributed by atoms with Crippen LogP contribution in [-0.2, 0) is 4.79 Å². The summed E-state index contributed by atoms with van der Waals surface area (Å²) in [5.41, 5.74) is 0.260. The number of hydrogen-bond acceptors (Lipinski definition) is 3. The van der Waals surface area contributed by atoms with E-state index in [9.17, 15) is 18.8 Å². The molecule has 8 heteroatoms. The van der Waals surface area contributed by atoms with E-state index < -0.39 is 11.7 Å². The molecule has 2 N–H and O–H groups in total. The molecule has 1 aromatic carbocycles. The fourth-order valence-electron chi connectivity index (χ4n) is 3.72. The fraction of sp³-hybridized carbons (Fsp3) is 0.526. The standard InChI is InChI=1S/C19H25FN4O3/c1-21-18(26)15-10-14(6-7-16(15)20)22-19(27)24-9-2-4-13(12-24)11-23-8-3-5-17(23)25/h6-7,10,13H,2-5,8-9,11-12H2,1H3,(H,21,26)(H,22,27)/t13-/m1/s1. The molecule has 27 heavy (non-hydrogen) atoms. The first-order valence-corrected chi connectivity index (χ1v) is 9.33. The zero-order chi connectivity index (χ0) is 19.4. The van der Waals surface area contributed by atoms with Gasteiger partial charge >= 0.3 is 6.03 Å². The maximum absolute atomic E-state index is 13.8. The molecule has 0 radical (unpaired) electrons. The second kappa shape index (κ2) is 8.37. The lowest BCUT2D eigenvalue weighted by Gasteiger charge is -2.34. The van der Waals surface area contributed by atoms with Gasteiger partial charge in [-0.3, -0.25) is 9.59 Å². The molecule has 1 aromatic rings. The summed E-state index contributed by atoms with van der Waals surface area (Å²) < 4.78 is 13.8. The van der Waals surface area contributed by atoms with Gasteiger partial charge in [0.15, 0.2) is 0 Å². The van der Waals surface area contributed by atoms with Gasteiger partial charge in [0.1, 0.15) is 5.82 Å². The Morgan fingerprint density at radius 1 is 1.26 bits per heavy atom. The van der Waals surface area contributed by atoms with E-state index in [0.717, 1.165) is 31.9 Å². The van der Waals surface area contributed by atoms with Crippen molar-refractivity contribution in [3.05, 3.63) is 29.6 Å². The zero-order valence-corrected chi connectivity index (χ0v) is 15.5. The van der Waals surface area contributed by atoms with Gasteiger partial charge in [-0.2, -0.15) is 0 Å². The van der Waals surface area contributed by atoms with Crippen molar-refractivity contribution in [2.45, 2.75) is 25.7 Å². The second-order valence-corrected chi connectivity index (χ2v) is 7.10. The van der Waals surface area contributed by atoms with Crippen molar-refractivity contribution in [2.75, 3.05) is 38.5 Å². The Morgan fingerprint density at radius 2 is 2.07 bits per heavy atom. The normalized spacial score (nSPS) is 19.9.